The lowest BCUT2D eigenvalue weighted by molar-refractivity contribution is 0.108. The molecule has 10 heteroatoms. The van der Waals surface area contributed by atoms with Crippen molar-refractivity contribution >= 4 is 35.1 Å². The summed E-state index contributed by atoms with van der Waals surface area (Å²) in [7, 11) is 0. The molecule has 1 fully saturated rings. The number of β-amino-alcohol motifs (C(OH)–C–C–N with tert-alkyl or cyclic N) is 1. The molecule has 2 atom stereocenters. The van der Waals surface area contributed by atoms with Crippen LogP contribution in [0.5, 0.6) is 11.5 Å². The second-order valence-corrected chi connectivity index (χ2v) is 11.8. The summed E-state index contributed by atoms with van der Waals surface area (Å²) in [6, 6.07) is 19.8. The number of hydrogen-bond donors (Lipinski definition) is 1. The third kappa shape index (κ3) is 7.10. The maximum absolute atomic E-state index is 14.7. The summed E-state index contributed by atoms with van der Waals surface area (Å²) >= 11 is 12.6. The van der Waals surface area contributed by atoms with Gasteiger partial charge in [-0.2, -0.15) is 0 Å². The maximum atomic E-state index is 14.7. The molecule has 0 radical (unpaired) electrons. The molecule has 3 aromatic rings. The molecular formula is C33H38Cl2N4O4. The maximum Gasteiger partial charge on any atom is 0.326 e. The van der Waals surface area contributed by atoms with Crippen LogP contribution >= 0.6 is 23.2 Å². The van der Waals surface area contributed by atoms with Gasteiger partial charge in [0.15, 0.2) is 0 Å². The number of carbonyl (C=O) groups excluding carboxylic acids is 1. The molecule has 2 amide bonds. The lowest BCUT2D eigenvalue weighted by Crippen LogP contribution is -2.54. The Morgan fingerprint density at radius 3 is 2.16 bits per heavy atom. The Balaban J connectivity index is 1.66. The molecule has 1 saturated heterocycles. The summed E-state index contributed by atoms with van der Waals surface area (Å²) in [5, 5.41) is 10.7. The van der Waals surface area contributed by atoms with Crippen molar-refractivity contribution in [2.45, 2.75) is 39.0 Å². The summed E-state index contributed by atoms with van der Waals surface area (Å²) < 4.78 is 12.1. The van der Waals surface area contributed by atoms with Gasteiger partial charge in [-0.25, -0.2) is 4.79 Å². The monoisotopic (exact) mass is 624 g/mol. The first kappa shape index (κ1) is 31.1. The van der Waals surface area contributed by atoms with E-state index in [1.54, 1.807) is 0 Å². The van der Waals surface area contributed by atoms with Crippen molar-refractivity contribution < 1.29 is 19.4 Å². The lowest BCUT2D eigenvalue weighted by Gasteiger charge is -2.39. The Kier molecular flexibility index (Phi) is 10.1. The van der Waals surface area contributed by atoms with Gasteiger partial charge in [0, 0.05) is 42.8 Å². The predicted molar refractivity (Wildman–Crippen MR) is 171 cm³/mol. The minimum absolute atomic E-state index is 0.0904. The molecule has 8 nitrogen and oxygen atoms in total. The minimum Gasteiger partial charge on any atom is -0.494 e. The number of amidine groups is 1. The van der Waals surface area contributed by atoms with E-state index < -0.39 is 12.1 Å². The number of aliphatic hydroxyl groups excluding tert-OH is 1. The van der Waals surface area contributed by atoms with E-state index in [1.807, 2.05) is 97.3 Å². The molecule has 2 unspecified atom stereocenters. The van der Waals surface area contributed by atoms with Crippen molar-refractivity contribution in [3.8, 4) is 11.5 Å². The zero-order valence-electron chi connectivity index (χ0n) is 24.7. The SMILES string of the molecule is CCOc1ccc(OC(C)C)c(C2=NC(c3ccc(Cl)cc3)C(c3ccc(Cl)cc3)N2C(=O)N2CCN(CCO)CC2)c1. The minimum atomic E-state index is -0.459. The van der Waals surface area contributed by atoms with Gasteiger partial charge in [-0.15, -0.1) is 0 Å². The Labute approximate surface area is 263 Å². The Morgan fingerprint density at radius 2 is 1.58 bits per heavy atom. The fourth-order valence-corrected chi connectivity index (χ4v) is 5.86. The van der Waals surface area contributed by atoms with Crippen molar-refractivity contribution in [1.29, 1.82) is 0 Å². The van der Waals surface area contributed by atoms with E-state index in [0.717, 1.165) is 11.1 Å². The second kappa shape index (κ2) is 14.0. The predicted octanol–water partition coefficient (Wildman–Crippen LogP) is 6.45. The first-order valence-electron chi connectivity index (χ1n) is 14.7. The van der Waals surface area contributed by atoms with Crippen LogP contribution in [0.15, 0.2) is 71.7 Å². The number of aliphatic imine (C=N–C) groups is 1. The normalized spacial score (nSPS) is 19.1. The highest BCUT2D eigenvalue weighted by Crippen LogP contribution is 2.46. The Morgan fingerprint density at radius 1 is 0.953 bits per heavy atom. The van der Waals surface area contributed by atoms with E-state index in [9.17, 15) is 9.90 Å². The fourth-order valence-electron chi connectivity index (χ4n) is 5.61. The number of urea groups is 1. The number of ether oxygens (including phenoxy) is 2. The van der Waals surface area contributed by atoms with Gasteiger partial charge in [-0.05, 0) is 74.4 Å². The number of nitrogens with zero attached hydrogens (tertiary/aromatic N) is 4. The highest BCUT2D eigenvalue weighted by molar-refractivity contribution is 6.30. The largest absolute Gasteiger partial charge is 0.494 e. The topological polar surface area (TPSA) is 77.8 Å². The van der Waals surface area contributed by atoms with E-state index in [-0.39, 0.29) is 18.7 Å². The van der Waals surface area contributed by atoms with Crippen molar-refractivity contribution in [1.82, 2.24) is 14.7 Å². The molecule has 2 aliphatic rings. The Bertz CT molecular complexity index is 1420. The van der Waals surface area contributed by atoms with Crippen molar-refractivity contribution in [2.24, 2.45) is 4.99 Å². The van der Waals surface area contributed by atoms with Gasteiger partial charge in [-0.1, -0.05) is 47.5 Å². The number of rotatable bonds is 9. The van der Waals surface area contributed by atoms with Crippen molar-refractivity contribution in [3.05, 3.63) is 93.5 Å². The number of halogens is 2. The van der Waals surface area contributed by atoms with Gasteiger partial charge in [0.2, 0.25) is 0 Å². The summed E-state index contributed by atoms with van der Waals surface area (Å²) in [4.78, 5) is 25.8. The number of hydrogen-bond acceptors (Lipinski definition) is 6. The highest BCUT2D eigenvalue weighted by Gasteiger charge is 2.45. The van der Waals surface area contributed by atoms with E-state index in [4.69, 9.17) is 37.7 Å². The molecular weight excluding hydrogens is 587 g/mol. The highest BCUT2D eigenvalue weighted by atomic mass is 35.5. The molecule has 2 heterocycles. The van der Waals surface area contributed by atoms with Crippen LogP contribution in [0.4, 0.5) is 4.79 Å². The first-order valence-corrected chi connectivity index (χ1v) is 15.5. The lowest BCUT2D eigenvalue weighted by atomic mass is 9.93. The summed E-state index contributed by atoms with van der Waals surface area (Å²) in [6.07, 6.45) is -0.0958. The summed E-state index contributed by atoms with van der Waals surface area (Å²) in [5.74, 6) is 1.80. The molecule has 1 N–H and O–H groups in total. The summed E-state index contributed by atoms with van der Waals surface area (Å²) in [5.41, 5.74) is 2.52. The molecule has 2 aliphatic heterocycles. The number of benzene rings is 3. The van der Waals surface area contributed by atoms with E-state index >= 15 is 0 Å². The quantitative estimate of drug-likeness (QED) is 0.296. The van der Waals surface area contributed by atoms with Crippen molar-refractivity contribution in [2.75, 3.05) is 45.9 Å². The first-order chi connectivity index (χ1) is 20.8. The number of carbonyl (C=O) groups is 1. The van der Waals surface area contributed by atoms with E-state index in [1.165, 1.54) is 0 Å². The molecule has 5 rings (SSSR count). The van der Waals surface area contributed by atoms with Crippen molar-refractivity contribution in [3.63, 3.8) is 0 Å². The second-order valence-electron chi connectivity index (χ2n) is 10.9. The van der Waals surface area contributed by atoms with Crippen LogP contribution in [0.1, 0.15) is 49.5 Å². The number of piperazine rings is 1. The average molecular weight is 626 g/mol. The van der Waals surface area contributed by atoms with Crippen LogP contribution in [-0.2, 0) is 0 Å². The zero-order valence-corrected chi connectivity index (χ0v) is 26.3. The van der Waals surface area contributed by atoms with Gasteiger partial charge < -0.3 is 19.5 Å². The van der Waals surface area contributed by atoms with Crippen LogP contribution in [-0.4, -0.2) is 83.7 Å². The molecule has 43 heavy (non-hydrogen) atoms. The average Bonchev–Trinajstić information content (AvgIpc) is 3.39. The van der Waals surface area contributed by atoms with Crippen LogP contribution in [0.2, 0.25) is 10.0 Å². The summed E-state index contributed by atoms with van der Waals surface area (Å²) in [6.45, 7) is 9.49. The van der Waals surface area contributed by atoms with E-state index in [2.05, 4.69) is 4.90 Å². The van der Waals surface area contributed by atoms with Gasteiger partial charge in [0.1, 0.15) is 23.4 Å². The van der Waals surface area contributed by atoms with Crippen LogP contribution in [0, 0.1) is 0 Å². The molecule has 3 aromatic carbocycles. The Hall–Kier alpha value is -3.30. The zero-order chi connectivity index (χ0) is 30.5. The third-order valence-electron chi connectivity index (χ3n) is 7.62. The molecule has 0 bridgehead atoms. The number of amides is 2. The molecule has 228 valence electrons. The molecule has 0 spiro atoms. The van der Waals surface area contributed by atoms with Gasteiger partial charge in [-0.3, -0.25) is 14.8 Å². The number of aliphatic hydroxyl groups is 1. The third-order valence-corrected chi connectivity index (χ3v) is 8.12. The van der Waals surface area contributed by atoms with Gasteiger partial charge in [0.05, 0.1) is 30.9 Å². The van der Waals surface area contributed by atoms with Crippen LogP contribution in [0.25, 0.3) is 0 Å². The standard InChI is InChI=1S/C33H38Cl2N4O4/c1-4-42-27-13-14-29(43-22(2)3)28(21-27)32-36-30(23-5-9-25(34)10-6-23)31(24-7-11-26(35)12-8-24)39(32)33(41)38-17-15-37(16-18-38)19-20-40/h5-14,21-22,30-31,40H,4,15-20H2,1-3H3. The van der Waals surface area contributed by atoms with Gasteiger partial charge >= 0.3 is 6.03 Å². The smallest absolute Gasteiger partial charge is 0.326 e. The fraction of sp³-hybridized carbons (Fsp3) is 0.394. The van der Waals surface area contributed by atoms with Crippen LogP contribution < -0.4 is 9.47 Å². The van der Waals surface area contributed by atoms with Gasteiger partial charge in [0.25, 0.3) is 0 Å². The molecule has 0 aromatic heterocycles. The molecule has 0 saturated carbocycles. The van der Waals surface area contributed by atoms with E-state index in [0.29, 0.717) is 72.3 Å². The van der Waals surface area contributed by atoms with Crippen LogP contribution in [0.3, 0.4) is 0 Å². The molecule has 0 aliphatic carbocycles.